The fourth-order valence-electron chi connectivity index (χ4n) is 1.39. The van der Waals surface area contributed by atoms with Gasteiger partial charge in [-0.3, -0.25) is 0 Å². The molecule has 1 heterocycles. The van der Waals surface area contributed by atoms with Gasteiger partial charge >= 0.3 is 5.97 Å². The van der Waals surface area contributed by atoms with Crippen molar-refractivity contribution in [3.8, 4) is 0 Å². The van der Waals surface area contributed by atoms with Crippen LogP contribution in [0.25, 0.3) is 0 Å². The molecule has 0 aromatic heterocycles. The van der Waals surface area contributed by atoms with Crippen molar-refractivity contribution >= 4 is 39.2 Å². The molecule has 0 atom stereocenters. The zero-order valence-corrected chi connectivity index (χ0v) is 11.8. The quantitative estimate of drug-likeness (QED) is 0.842. The predicted molar refractivity (Wildman–Crippen MR) is 67.9 cm³/mol. The second kappa shape index (κ2) is 5.26. The van der Waals surface area contributed by atoms with E-state index in [4.69, 9.17) is 37.8 Å². The number of nitrogens with two attached hydrogens (primary N) is 1. The maximum absolute atomic E-state index is 11.8. The molecular weight excluding hydrogens is 317 g/mol. The standard InChI is InChI=1S/C10H9Cl2NO5S/c11-7-1-5(10(14)18-6-3-17-4-6)2-8(9(7)12)19(13,15)16/h1-2,6H,3-4H2,(H2,13,15,16). The monoisotopic (exact) mass is 325 g/mol. The summed E-state index contributed by atoms with van der Waals surface area (Å²) in [6, 6.07) is 2.26. The summed E-state index contributed by atoms with van der Waals surface area (Å²) in [5, 5.41) is 4.67. The van der Waals surface area contributed by atoms with Crippen LogP contribution in [0.15, 0.2) is 17.0 Å². The molecule has 6 nitrogen and oxygen atoms in total. The van der Waals surface area contributed by atoms with Crippen LogP contribution in [0.2, 0.25) is 10.0 Å². The molecule has 1 aromatic rings. The minimum Gasteiger partial charge on any atom is -0.454 e. The Bertz CT molecular complexity index is 627. The molecule has 2 rings (SSSR count). The van der Waals surface area contributed by atoms with E-state index in [1.165, 1.54) is 6.07 Å². The summed E-state index contributed by atoms with van der Waals surface area (Å²) in [4.78, 5) is 11.4. The first-order valence-corrected chi connectivity index (χ1v) is 7.40. The number of carbonyl (C=O) groups excluding carboxylic acids is 1. The average molecular weight is 326 g/mol. The Morgan fingerprint density at radius 2 is 2.00 bits per heavy atom. The lowest BCUT2D eigenvalue weighted by Gasteiger charge is -2.25. The van der Waals surface area contributed by atoms with E-state index in [2.05, 4.69) is 0 Å². The van der Waals surface area contributed by atoms with Gasteiger partial charge in [0, 0.05) is 0 Å². The molecule has 1 aromatic carbocycles. The summed E-state index contributed by atoms with van der Waals surface area (Å²) < 4.78 is 32.6. The van der Waals surface area contributed by atoms with Crippen LogP contribution in [-0.2, 0) is 19.5 Å². The molecule has 0 bridgehead atoms. The maximum atomic E-state index is 11.8. The summed E-state index contributed by atoms with van der Waals surface area (Å²) in [6.45, 7) is 0.629. The van der Waals surface area contributed by atoms with Crippen molar-refractivity contribution < 1.29 is 22.7 Å². The summed E-state index contributed by atoms with van der Waals surface area (Å²) in [5.41, 5.74) is -0.0367. The molecule has 1 saturated heterocycles. The van der Waals surface area contributed by atoms with Crippen molar-refractivity contribution in [2.24, 2.45) is 5.14 Å². The Morgan fingerprint density at radius 1 is 1.37 bits per heavy atom. The number of esters is 1. The highest BCUT2D eigenvalue weighted by Crippen LogP contribution is 2.30. The van der Waals surface area contributed by atoms with Gasteiger partial charge in [0.1, 0.15) is 11.0 Å². The van der Waals surface area contributed by atoms with E-state index >= 15 is 0 Å². The minimum absolute atomic E-state index is 0.0367. The highest BCUT2D eigenvalue weighted by atomic mass is 35.5. The van der Waals surface area contributed by atoms with Gasteiger partial charge in [-0.2, -0.15) is 0 Å². The molecule has 0 saturated carbocycles. The van der Waals surface area contributed by atoms with Gasteiger partial charge in [0.15, 0.2) is 0 Å². The Hall–Kier alpha value is -0.860. The molecule has 1 fully saturated rings. The smallest absolute Gasteiger partial charge is 0.338 e. The average Bonchev–Trinajstić information content (AvgIpc) is 2.25. The molecule has 1 aliphatic heterocycles. The lowest BCUT2D eigenvalue weighted by Crippen LogP contribution is -2.37. The van der Waals surface area contributed by atoms with Gasteiger partial charge in [0.05, 0.1) is 28.8 Å². The van der Waals surface area contributed by atoms with E-state index in [1.807, 2.05) is 0 Å². The van der Waals surface area contributed by atoms with Gasteiger partial charge in [-0.15, -0.1) is 0 Å². The highest BCUT2D eigenvalue weighted by molar-refractivity contribution is 7.89. The van der Waals surface area contributed by atoms with E-state index < -0.39 is 20.9 Å². The van der Waals surface area contributed by atoms with E-state index in [9.17, 15) is 13.2 Å². The topological polar surface area (TPSA) is 95.7 Å². The summed E-state index contributed by atoms with van der Waals surface area (Å²) in [7, 11) is -4.08. The predicted octanol–water partition coefficient (Wildman–Crippen LogP) is 1.20. The maximum Gasteiger partial charge on any atom is 0.338 e. The zero-order chi connectivity index (χ0) is 14.2. The Labute approximate surface area is 119 Å². The fraction of sp³-hybridized carbons (Fsp3) is 0.300. The molecule has 2 N–H and O–H groups in total. The first-order chi connectivity index (χ1) is 8.79. The number of ether oxygens (including phenoxy) is 2. The minimum atomic E-state index is -4.08. The Kier molecular flexibility index (Phi) is 4.03. The molecule has 1 aliphatic rings. The second-order valence-corrected chi connectivity index (χ2v) is 6.19. The van der Waals surface area contributed by atoms with Crippen LogP contribution in [0.5, 0.6) is 0 Å². The zero-order valence-electron chi connectivity index (χ0n) is 9.43. The summed E-state index contributed by atoms with van der Waals surface area (Å²) in [5.74, 6) is -0.711. The molecule has 9 heteroatoms. The summed E-state index contributed by atoms with van der Waals surface area (Å²) >= 11 is 11.5. The third kappa shape index (κ3) is 3.18. The van der Waals surface area contributed by atoms with Gasteiger partial charge in [-0.1, -0.05) is 23.2 Å². The second-order valence-electron chi connectivity index (χ2n) is 3.88. The molecular formula is C10H9Cl2NO5S. The van der Waals surface area contributed by atoms with Crippen LogP contribution in [0.3, 0.4) is 0 Å². The number of benzene rings is 1. The van der Waals surface area contributed by atoms with Crippen molar-refractivity contribution in [1.29, 1.82) is 0 Å². The Balaban J connectivity index is 2.36. The fourth-order valence-corrected chi connectivity index (χ4v) is 2.75. The van der Waals surface area contributed by atoms with Crippen molar-refractivity contribution in [2.75, 3.05) is 13.2 Å². The third-order valence-electron chi connectivity index (χ3n) is 2.42. The van der Waals surface area contributed by atoms with Gasteiger partial charge in [-0.05, 0) is 12.1 Å². The number of halogens is 2. The number of rotatable bonds is 3. The van der Waals surface area contributed by atoms with Gasteiger partial charge in [-0.25, -0.2) is 18.4 Å². The number of hydrogen-bond acceptors (Lipinski definition) is 5. The lowest BCUT2D eigenvalue weighted by molar-refractivity contribution is -0.103. The third-order valence-corrected chi connectivity index (χ3v) is 4.27. The SMILES string of the molecule is NS(=O)(=O)c1cc(C(=O)OC2COC2)cc(Cl)c1Cl. The number of sulfonamides is 1. The lowest BCUT2D eigenvalue weighted by atomic mass is 10.2. The van der Waals surface area contributed by atoms with E-state index in [-0.39, 0.29) is 21.7 Å². The highest BCUT2D eigenvalue weighted by Gasteiger charge is 2.25. The number of primary sulfonamides is 1. The summed E-state index contributed by atoms with van der Waals surface area (Å²) in [6.07, 6.45) is -0.333. The number of carbonyl (C=O) groups is 1. The molecule has 0 spiro atoms. The molecule has 0 radical (unpaired) electrons. The van der Waals surface area contributed by atoms with Gasteiger partial charge in [0.25, 0.3) is 0 Å². The van der Waals surface area contributed by atoms with E-state index in [1.54, 1.807) is 0 Å². The van der Waals surface area contributed by atoms with E-state index in [0.29, 0.717) is 13.2 Å². The molecule has 0 unspecified atom stereocenters. The normalized spacial score (nSPS) is 15.9. The van der Waals surface area contributed by atoms with Crippen molar-refractivity contribution in [2.45, 2.75) is 11.0 Å². The van der Waals surface area contributed by atoms with Crippen molar-refractivity contribution in [3.05, 3.63) is 27.7 Å². The Morgan fingerprint density at radius 3 is 2.47 bits per heavy atom. The van der Waals surface area contributed by atoms with Crippen LogP contribution in [0.4, 0.5) is 0 Å². The van der Waals surface area contributed by atoms with Gasteiger partial charge < -0.3 is 9.47 Å². The van der Waals surface area contributed by atoms with Crippen LogP contribution >= 0.6 is 23.2 Å². The van der Waals surface area contributed by atoms with Crippen molar-refractivity contribution in [3.63, 3.8) is 0 Å². The first-order valence-electron chi connectivity index (χ1n) is 5.09. The molecule has 0 aliphatic carbocycles. The van der Waals surface area contributed by atoms with Crippen molar-refractivity contribution in [1.82, 2.24) is 0 Å². The van der Waals surface area contributed by atoms with Crippen LogP contribution in [-0.4, -0.2) is 33.7 Å². The molecule has 19 heavy (non-hydrogen) atoms. The van der Waals surface area contributed by atoms with Crippen LogP contribution < -0.4 is 5.14 Å². The first kappa shape index (κ1) is 14.5. The van der Waals surface area contributed by atoms with Gasteiger partial charge in [0.2, 0.25) is 10.0 Å². The molecule has 104 valence electrons. The van der Waals surface area contributed by atoms with Crippen LogP contribution in [0, 0.1) is 0 Å². The van der Waals surface area contributed by atoms with E-state index in [0.717, 1.165) is 6.07 Å². The number of hydrogen-bond donors (Lipinski definition) is 1. The molecule has 0 amide bonds. The van der Waals surface area contributed by atoms with Crippen LogP contribution in [0.1, 0.15) is 10.4 Å². The largest absolute Gasteiger partial charge is 0.454 e.